The number of carbonyl (C=O) groups excluding carboxylic acids is 1. The Morgan fingerprint density at radius 3 is 2.41 bits per heavy atom. The zero-order chi connectivity index (χ0) is 22.5. The van der Waals surface area contributed by atoms with E-state index in [2.05, 4.69) is 53.3 Å². The first-order valence-electron chi connectivity index (χ1n) is 12.0. The van der Waals surface area contributed by atoms with Crippen LogP contribution >= 0.6 is 0 Å². The Morgan fingerprint density at radius 1 is 1.16 bits per heavy atom. The Morgan fingerprint density at radius 2 is 1.81 bits per heavy atom. The van der Waals surface area contributed by atoms with E-state index in [4.69, 9.17) is 4.74 Å². The number of ether oxygens (including phenoxy) is 1. The minimum Gasteiger partial charge on any atom is -0.497 e. The molecule has 1 heterocycles. The van der Waals surface area contributed by atoms with Crippen LogP contribution in [0.1, 0.15) is 70.7 Å². The van der Waals surface area contributed by atoms with Crippen molar-refractivity contribution in [1.29, 1.82) is 0 Å². The van der Waals surface area contributed by atoms with Crippen molar-refractivity contribution >= 4 is 5.91 Å². The van der Waals surface area contributed by atoms with Crippen LogP contribution in [0.15, 0.2) is 24.3 Å². The Kier molecular flexibility index (Phi) is 5.25. The molecule has 32 heavy (non-hydrogen) atoms. The highest BCUT2D eigenvalue weighted by atomic mass is 16.5. The predicted molar refractivity (Wildman–Crippen MR) is 121 cm³/mol. The van der Waals surface area contributed by atoms with Crippen LogP contribution in [0.5, 0.6) is 5.75 Å². The normalized spacial score (nSPS) is 28.7. The van der Waals surface area contributed by atoms with E-state index < -0.39 is 0 Å². The molecule has 4 aliphatic rings. The first kappa shape index (κ1) is 21.4. The van der Waals surface area contributed by atoms with Gasteiger partial charge in [0.05, 0.1) is 7.11 Å². The summed E-state index contributed by atoms with van der Waals surface area (Å²) in [4.78, 5) is 16.1. The van der Waals surface area contributed by atoms with Gasteiger partial charge in [-0.05, 0) is 84.4 Å². The molecule has 6 rings (SSSR count). The van der Waals surface area contributed by atoms with Gasteiger partial charge in [-0.25, -0.2) is 4.68 Å². The van der Waals surface area contributed by atoms with Crippen molar-refractivity contribution in [2.24, 2.45) is 17.8 Å². The van der Waals surface area contributed by atoms with Crippen molar-refractivity contribution in [3.05, 3.63) is 35.7 Å². The van der Waals surface area contributed by atoms with Crippen LogP contribution in [0.3, 0.4) is 0 Å². The molecule has 1 aromatic carbocycles. The van der Waals surface area contributed by atoms with Crippen molar-refractivity contribution in [3.8, 4) is 5.75 Å². The van der Waals surface area contributed by atoms with E-state index >= 15 is 0 Å². The van der Waals surface area contributed by atoms with Gasteiger partial charge in [-0.15, -0.1) is 5.10 Å². The molecule has 0 unspecified atom stereocenters. The van der Waals surface area contributed by atoms with Crippen LogP contribution in [0.4, 0.5) is 0 Å². The standard InChI is InChI=1S/C25H35N5O2/c1-24(2,3)23-26-27-28-30(23)16-22(31)29(15-17-6-5-7-21(11-17)32-4)25-12-18-8-19(13-25)10-20(9-18)14-25/h5-7,11,18-20H,8-10,12-16H2,1-4H3. The minimum absolute atomic E-state index is 0.0369. The van der Waals surface area contributed by atoms with Gasteiger partial charge < -0.3 is 9.64 Å². The molecule has 4 fully saturated rings. The van der Waals surface area contributed by atoms with E-state index in [9.17, 15) is 4.79 Å². The van der Waals surface area contributed by atoms with E-state index in [1.807, 2.05) is 12.1 Å². The van der Waals surface area contributed by atoms with Crippen LogP contribution in [0.25, 0.3) is 0 Å². The molecule has 1 aromatic heterocycles. The highest BCUT2D eigenvalue weighted by molar-refractivity contribution is 5.77. The smallest absolute Gasteiger partial charge is 0.245 e. The Balaban J connectivity index is 1.47. The van der Waals surface area contributed by atoms with Crippen molar-refractivity contribution in [1.82, 2.24) is 25.1 Å². The summed E-state index contributed by atoms with van der Waals surface area (Å²) in [5.41, 5.74) is 0.855. The molecule has 4 aliphatic carbocycles. The molecule has 2 aromatic rings. The molecule has 7 heteroatoms. The van der Waals surface area contributed by atoms with Crippen LogP contribution < -0.4 is 4.74 Å². The summed E-state index contributed by atoms with van der Waals surface area (Å²) < 4.78 is 7.15. The van der Waals surface area contributed by atoms with Crippen molar-refractivity contribution in [2.45, 2.75) is 83.3 Å². The maximum absolute atomic E-state index is 13.9. The molecule has 0 saturated heterocycles. The number of hydrogen-bond acceptors (Lipinski definition) is 5. The summed E-state index contributed by atoms with van der Waals surface area (Å²) in [6.07, 6.45) is 7.45. The maximum atomic E-state index is 13.9. The molecule has 1 amide bonds. The Hall–Kier alpha value is -2.44. The summed E-state index contributed by atoms with van der Waals surface area (Å²) in [6, 6.07) is 8.12. The number of rotatable bonds is 6. The Bertz CT molecular complexity index is 957. The second-order valence-corrected chi connectivity index (χ2v) is 11.4. The van der Waals surface area contributed by atoms with Gasteiger partial charge >= 0.3 is 0 Å². The molecule has 7 nitrogen and oxygen atoms in total. The van der Waals surface area contributed by atoms with Gasteiger partial charge in [0.25, 0.3) is 0 Å². The first-order chi connectivity index (χ1) is 15.3. The first-order valence-corrected chi connectivity index (χ1v) is 12.0. The van der Waals surface area contributed by atoms with Crippen molar-refractivity contribution in [3.63, 3.8) is 0 Å². The molecule has 4 bridgehead atoms. The molecule has 0 radical (unpaired) electrons. The van der Waals surface area contributed by atoms with Gasteiger partial charge in [-0.3, -0.25) is 4.79 Å². The predicted octanol–water partition coefficient (Wildman–Crippen LogP) is 3.98. The maximum Gasteiger partial charge on any atom is 0.245 e. The quantitative estimate of drug-likeness (QED) is 0.684. The number of methoxy groups -OCH3 is 1. The van der Waals surface area contributed by atoms with E-state index in [-0.39, 0.29) is 23.4 Å². The lowest BCUT2D eigenvalue weighted by Crippen LogP contribution is -2.61. The van der Waals surface area contributed by atoms with Gasteiger partial charge in [-0.1, -0.05) is 32.9 Å². The molecule has 4 saturated carbocycles. The third-order valence-corrected chi connectivity index (χ3v) is 7.84. The zero-order valence-corrected chi connectivity index (χ0v) is 19.8. The number of nitrogens with zero attached hydrogens (tertiary/aromatic N) is 5. The lowest BCUT2D eigenvalue weighted by Gasteiger charge is -2.60. The summed E-state index contributed by atoms with van der Waals surface area (Å²) in [5, 5.41) is 12.3. The van der Waals surface area contributed by atoms with Gasteiger partial charge in [0.15, 0.2) is 5.82 Å². The van der Waals surface area contributed by atoms with E-state index in [1.165, 1.54) is 19.3 Å². The molecular weight excluding hydrogens is 402 g/mol. The lowest BCUT2D eigenvalue weighted by molar-refractivity contribution is -0.153. The molecular formula is C25H35N5O2. The van der Waals surface area contributed by atoms with Gasteiger partial charge in [0.1, 0.15) is 12.3 Å². The average Bonchev–Trinajstić information content (AvgIpc) is 3.19. The second-order valence-electron chi connectivity index (χ2n) is 11.4. The van der Waals surface area contributed by atoms with E-state index in [0.717, 1.165) is 54.2 Å². The van der Waals surface area contributed by atoms with Gasteiger partial charge in [0, 0.05) is 17.5 Å². The van der Waals surface area contributed by atoms with Crippen LogP contribution in [-0.2, 0) is 23.3 Å². The SMILES string of the molecule is COc1cccc(CN(C(=O)Cn2nnnc2C(C)(C)C)C23CC4CC(CC(C4)C2)C3)c1. The lowest BCUT2D eigenvalue weighted by atomic mass is 9.52. The molecule has 0 spiro atoms. The minimum atomic E-state index is -0.220. The van der Waals surface area contributed by atoms with Crippen LogP contribution in [0.2, 0.25) is 0 Å². The number of hydrogen-bond donors (Lipinski definition) is 0. The largest absolute Gasteiger partial charge is 0.497 e. The summed E-state index contributed by atoms with van der Waals surface area (Å²) in [7, 11) is 1.69. The fraction of sp³-hybridized carbons (Fsp3) is 0.680. The number of amides is 1. The average molecular weight is 438 g/mol. The molecule has 0 atom stereocenters. The summed E-state index contributed by atoms with van der Waals surface area (Å²) in [5.74, 6) is 3.99. The fourth-order valence-electron chi connectivity index (χ4n) is 6.93. The van der Waals surface area contributed by atoms with E-state index in [0.29, 0.717) is 6.54 Å². The van der Waals surface area contributed by atoms with Gasteiger partial charge in [-0.2, -0.15) is 0 Å². The fourth-order valence-corrected chi connectivity index (χ4v) is 6.93. The number of carbonyl (C=O) groups is 1. The number of aromatic nitrogens is 4. The Labute approximate surface area is 190 Å². The molecule has 172 valence electrons. The molecule has 0 N–H and O–H groups in total. The number of tetrazole rings is 1. The topological polar surface area (TPSA) is 73.1 Å². The number of benzene rings is 1. The van der Waals surface area contributed by atoms with Crippen LogP contribution in [0, 0.1) is 17.8 Å². The van der Waals surface area contributed by atoms with Crippen molar-refractivity contribution in [2.75, 3.05) is 7.11 Å². The van der Waals surface area contributed by atoms with E-state index in [1.54, 1.807) is 11.8 Å². The molecule has 0 aliphatic heterocycles. The summed E-state index contributed by atoms with van der Waals surface area (Å²) >= 11 is 0. The second kappa shape index (κ2) is 7.85. The zero-order valence-electron chi connectivity index (χ0n) is 19.8. The third-order valence-electron chi connectivity index (χ3n) is 7.84. The monoisotopic (exact) mass is 437 g/mol. The third kappa shape index (κ3) is 3.90. The van der Waals surface area contributed by atoms with Gasteiger partial charge in [0.2, 0.25) is 5.91 Å². The highest BCUT2D eigenvalue weighted by Crippen LogP contribution is 2.58. The summed E-state index contributed by atoms with van der Waals surface area (Å²) in [6.45, 7) is 7.02. The van der Waals surface area contributed by atoms with Crippen molar-refractivity contribution < 1.29 is 9.53 Å². The highest BCUT2D eigenvalue weighted by Gasteiger charge is 2.54. The van der Waals surface area contributed by atoms with Crippen LogP contribution in [-0.4, -0.2) is 43.7 Å².